The lowest BCUT2D eigenvalue weighted by molar-refractivity contribution is -0.0616. The third-order valence-corrected chi connectivity index (χ3v) is 3.08. The van der Waals surface area contributed by atoms with Crippen molar-refractivity contribution in [3.63, 3.8) is 0 Å². The number of carbonyl (C=O) groups excluding carboxylic acids is 1. The molecule has 0 N–H and O–H groups in total. The van der Waals surface area contributed by atoms with E-state index in [1.807, 2.05) is 6.92 Å². The second-order valence-electron chi connectivity index (χ2n) is 2.53. The van der Waals surface area contributed by atoms with Gasteiger partial charge in [-0.1, -0.05) is 22.6 Å². The molecular formula is C6H9IO3. The van der Waals surface area contributed by atoms with Crippen LogP contribution in [-0.4, -0.2) is 22.8 Å². The molecule has 1 saturated heterocycles. The fourth-order valence-corrected chi connectivity index (χ4v) is 1.26. The van der Waals surface area contributed by atoms with Crippen molar-refractivity contribution in [3.05, 3.63) is 0 Å². The summed E-state index contributed by atoms with van der Waals surface area (Å²) in [7, 11) is 0. The summed E-state index contributed by atoms with van der Waals surface area (Å²) in [6.45, 7) is 2.40. The predicted molar refractivity (Wildman–Crippen MR) is 44.3 cm³/mol. The smallest absolute Gasteiger partial charge is 0.434 e. The molecular weight excluding hydrogens is 247 g/mol. The van der Waals surface area contributed by atoms with E-state index in [1.54, 1.807) is 0 Å². The average molecular weight is 256 g/mol. The summed E-state index contributed by atoms with van der Waals surface area (Å²) in [5.41, 5.74) is -0.296. The normalized spacial score (nSPS) is 32.8. The van der Waals surface area contributed by atoms with Crippen molar-refractivity contribution in [1.82, 2.24) is 0 Å². The Hall–Kier alpha value is 0. The largest absolute Gasteiger partial charge is 0.508 e. The molecule has 4 heteroatoms. The molecule has 0 saturated carbocycles. The molecule has 0 amide bonds. The van der Waals surface area contributed by atoms with Crippen LogP contribution in [-0.2, 0) is 9.47 Å². The fourth-order valence-electron chi connectivity index (χ4n) is 0.726. The Bertz CT molecular complexity index is 148. The minimum absolute atomic E-state index is 0.296. The molecule has 0 bridgehead atoms. The number of carbonyl (C=O) groups is 1. The third kappa shape index (κ3) is 1.74. The van der Waals surface area contributed by atoms with Crippen LogP contribution in [0.5, 0.6) is 0 Å². The van der Waals surface area contributed by atoms with E-state index < -0.39 is 6.16 Å². The second kappa shape index (κ2) is 2.94. The number of ether oxygens (including phenoxy) is 2. The van der Waals surface area contributed by atoms with Gasteiger partial charge >= 0.3 is 6.16 Å². The number of hydrogen-bond acceptors (Lipinski definition) is 3. The first-order valence-corrected chi connectivity index (χ1v) is 4.61. The molecule has 1 atom stereocenters. The minimum Gasteiger partial charge on any atom is -0.434 e. The topological polar surface area (TPSA) is 35.5 Å². The number of cyclic esters (lactones) is 2. The zero-order chi connectivity index (χ0) is 7.61. The number of hydrogen-bond donors (Lipinski definition) is 0. The van der Waals surface area contributed by atoms with Crippen LogP contribution in [0.15, 0.2) is 0 Å². The van der Waals surface area contributed by atoms with Crippen LogP contribution in [0.1, 0.15) is 13.3 Å². The van der Waals surface area contributed by atoms with Gasteiger partial charge in [-0.3, -0.25) is 0 Å². The quantitative estimate of drug-likeness (QED) is 0.407. The lowest BCUT2D eigenvalue weighted by Gasteiger charge is -2.30. The monoisotopic (exact) mass is 256 g/mol. The summed E-state index contributed by atoms with van der Waals surface area (Å²) in [6.07, 6.45) is 0.257. The summed E-state index contributed by atoms with van der Waals surface area (Å²) in [5, 5.41) is 0. The lowest BCUT2D eigenvalue weighted by Crippen LogP contribution is -2.39. The summed E-state index contributed by atoms with van der Waals surface area (Å²) in [6, 6.07) is 0. The Balaban J connectivity index is 2.53. The summed E-state index contributed by atoms with van der Waals surface area (Å²) >= 11 is 2.20. The van der Waals surface area contributed by atoms with E-state index in [0.717, 1.165) is 10.8 Å². The maximum atomic E-state index is 10.6. The Morgan fingerprint density at radius 1 is 1.80 bits per heavy atom. The highest BCUT2D eigenvalue weighted by Gasteiger charge is 2.32. The Kier molecular flexibility index (Phi) is 2.38. The molecule has 0 aromatic carbocycles. The molecule has 1 aliphatic heterocycles. The highest BCUT2D eigenvalue weighted by molar-refractivity contribution is 14.1. The third-order valence-electron chi connectivity index (χ3n) is 1.46. The number of halogens is 1. The molecule has 1 unspecified atom stereocenters. The van der Waals surface area contributed by atoms with Gasteiger partial charge in [0.05, 0.1) is 6.61 Å². The molecule has 0 spiro atoms. The maximum absolute atomic E-state index is 10.6. The van der Waals surface area contributed by atoms with Gasteiger partial charge in [0.25, 0.3) is 0 Å². The van der Waals surface area contributed by atoms with Crippen LogP contribution in [0.4, 0.5) is 4.79 Å². The van der Waals surface area contributed by atoms with Gasteiger partial charge in [0.2, 0.25) is 0 Å². The summed E-state index contributed by atoms with van der Waals surface area (Å²) in [5.74, 6) is 0. The van der Waals surface area contributed by atoms with Crippen LogP contribution in [0.2, 0.25) is 0 Å². The number of alkyl halides is 1. The van der Waals surface area contributed by atoms with E-state index in [2.05, 4.69) is 27.3 Å². The standard InChI is InChI=1S/C6H9IO3/c1-6(4-7)2-3-9-5(8)10-6/h2-4H2,1H3. The van der Waals surface area contributed by atoms with E-state index in [9.17, 15) is 4.79 Å². The molecule has 0 aromatic heterocycles. The van der Waals surface area contributed by atoms with Crippen molar-refractivity contribution in [2.45, 2.75) is 18.9 Å². The van der Waals surface area contributed by atoms with E-state index >= 15 is 0 Å². The maximum Gasteiger partial charge on any atom is 0.508 e. The van der Waals surface area contributed by atoms with Gasteiger partial charge in [-0.05, 0) is 6.92 Å². The van der Waals surface area contributed by atoms with E-state index in [-0.39, 0.29) is 5.60 Å². The SMILES string of the molecule is CC1(CI)CCOC(=O)O1. The van der Waals surface area contributed by atoms with Crippen LogP contribution in [0.3, 0.4) is 0 Å². The highest BCUT2D eigenvalue weighted by Crippen LogP contribution is 2.23. The first-order valence-electron chi connectivity index (χ1n) is 3.08. The molecule has 1 rings (SSSR count). The molecule has 0 aliphatic carbocycles. The first-order chi connectivity index (χ1) is 4.66. The first kappa shape index (κ1) is 8.10. The molecule has 1 aliphatic rings. The van der Waals surface area contributed by atoms with Gasteiger partial charge < -0.3 is 9.47 Å². The predicted octanol–water partition coefficient (Wildman–Crippen LogP) is 1.74. The molecule has 0 aromatic rings. The van der Waals surface area contributed by atoms with Gasteiger partial charge in [0.15, 0.2) is 0 Å². The number of rotatable bonds is 1. The summed E-state index contributed by atoms with van der Waals surface area (Å²) < 4.78 is 10.4. The van der Waals surface area contributed by atoms with Gasteiger partial charge in [-0.25, -0.2) is 4.79 Å². The average Bonchev–Trinajstić information content (AvgIpc) is 1.88. The molecule has 3 nitrogen and oxygen atoms in total. The minimum atomic E-state index is -0.537. The van der Waals surface area contributed by atoms with Crippen LogP contribution in [0.25, 0.3) is 0 Å². The van der Waals surface area contributed by atoms with E-state index in [0.29, 0.717) is 6.61 Å². The Morgan fingerprint density at radius 3 is 2.90 bits per heavy atom. The molecule has 58 valence electrons. The molecule has 1 fully saturated rings. The van der Waals surface area contributed by atoms with Gasteiger partial charge in [0, 0.05) is 10.8 Å². The van der Waals surface area contributed by atoms with Crippen LogP contribution >= 0.6 is 22.6 Å². The van der Waals surface area contributed by atoms with Crippen molar-refractivity contribution in [1.29, 1.82) is 0 Å². The van der Waals surface area contributed by atoms with Gasteiger partial charge in [-0.15, -0.1) is 0 Å². The van der Waals surface area contributed by atoms with E-state index in [4.69, 9.17) is 4.74 Å². The Morgan fingerprint density at radius 2 is 2.50 bits per heavy atom. The van der Waals surface area contributed by atoms with Crippen molar-refractivity contribution in [3.8, 4) is 0 Å². The van der Waals surface area contributed by atoms with Crippen LogP contribution < -0.4 is 0 Å². The second-order valence-corrected chi connectivity index (χ2v) is 3.30. The summed E-state index contributed by atoms with van der Waals surface area (Å²) in [4.78, 5) is 10.6. The van der Waals surface area contributed by atoms with Gasteiger partial charge in [0.1, 0.15) is 5.60 Å². The molecule has 10 heavy (non-hydrogen) atoms. The Labute approximate surface area is 73.2 Å². The molecule has 0 radical (unpaired) electrons. The van der Waals surface area contributed by atoms with Gasteiger partial charge in [-0.2, -0.15) is 0 Å². The van der Waals surface area contributed by atoms with E-state index in [1.165, 1.54) is 0 Å². The zero-order valence-electron chi connectivity index (χ0n) is 5.72. The van der Waals surface area contributed by atoms with Crippen molar-refractivity contribution in [2.24, 2.45) is 0 Å². The lowest BCUT2D eigenvalue weighted by atomic mass is 10.1. The highest BCUT2D eigenvalue weighted by atomic mass is 127. The van der Waals surface area contributed by atoms with Crippen molar-refractivity contribution >= 4 is 28.7 Å². The van der Waals surface area contributed by atoms with Crippen molar-refractivity contribution < 1.29 is 14.3 Å². The van der Waals surface area contributed by atoms with Crippen molar-refractivity contribution in [2.75, 3.05) is 11.0 Å². The van der Waals surface area contributed by atoms with Crippen LogP contribution in [0, 0.1) is 0 Å². The fraction of sp³-hybridized carbons (Fsp3) is 0.833. The molecule has 1 heterocycles. The zero-order valence-corrected chi connectivity index (χ0v) is 7.88.